The summed E-state index contributed by atoms with van der Waals surface area (Å²) in [4.78, 5) is 30.7. The van der Waals surface area contributed by atoms with Crippen LogP contribution < -0.4 is 5.32 Å². The molecule has 25 heavy (non-hydrogen) atoms. The van der Waals surface area contributed by atoms with Crippen molar-refractivity contribution < 1.29 is 9.72 Å². The number of halogens is 1. The van der Waals surface area contributed by atoms with Crippen molar-refractivity contribution in [3.05, 3.63) is 81.6 Å². The Labute approximate surface area is 147 Å². The van der Waals surface area contributed by atoms with Crippen molar-refractivity contribution >= 4 is 28.9 Å². The second-order valence-corrected chi connectivity index (χ2v) is 5.50. The number of carbonyl (C=O) groups is 1. The summed E-state index contributed by atoms with van der Waals surface area (Å²) >= 11 is 5.80. The van der Waals surface area contributed by atoms with Gasteiger partial charge in [0, 0.05) is 40.8 Å². The molecule has 3 aromatic rings. The number of nitro benzene ring substituents is 1. The predicted octanol–water partition coefficient (Wildman–Crippen LogP) is 3.96. The van der Waals surface area contributed by atoms with E-state index in [0.29, 0.717) is 22.1 Å². The van der Waals surface area contributed by atoms with Gasteiger partial charge < -0.3 is 5.32 Å². The summed E-state index contributed by atoms with van der Waals surface area (Å²) < 4.78 is 0. The lowest BCUT2D eigenvalue weighted by atomic mass is 10.2. The van der Waals surface area contributed by atoms with Crippen LogP contribution in [0.1, 0.15) is 10.4 Å². The minimum absolute atomic E-state index is 0.0503. The lowest BCUT2D eigenvalue weighted by Crippen LogP contribution is -2.12. The van der Waals surface area contributed by atoms with E-state index < -0.39 is 4.92 Å². The van der Waals surface area contributed by atoms with E-state index in [1.807, 2.05) is 0 Å². The highest BCUT2D eigenvalue weighted by molar-refractivity contribution is 6.30. The van der Waals surface area contributed by atoms with Crippen LogP contribution in [0, 0.1) is 10.1 Å². The van der Waals surface area contributed by atoms with Gasteiger partial charge in [0.15, 0.2) is 5.82 Å². The number of benzene rings is 2. The number of hydrogen-bond donors (Lipinski definition) is 1. The third-order valence-corrected chi connectivity index (χ3v) is 3.58. The SMILES string of the molecule is O=C(Nc1ccc(Cl)cc1)c1cnc(-c2cccc([N+](=O)[O-])c2)nc1. The molecule has 0 aliphatic heterocycles. The Morgan fingerprint density at radius 2 is 1.76 bits per heavy atom. The summed E-state index contributed by atoms with van der Waals surface area (Å²) in [7, 11) is 0. The molecule has 0 atom stereocenters. The molecule has 0 unspecified atom stereocenters. The first kappa shape index (κ1) is 16.5. The molecule has 2 aromatic carbocycles. The van der Waals surface area contributed by atoms with Crippen LogP contribution in [0.3, 0.4) is 0 Å². The molecule has 8 heteroatoms. The van der Waals surface area contributed by atoms with Crippen LogP contribution >= 0.6 is 11.6 Å². The Bertz CT molecular complexity index is 927. The van der Waals surface area contributed by atoms with E-state index in [1.54, 1.807) is 36.4 Å². The molecule has 0 radical (unpaired) electrons. The van der Waals surface area contributed by atoms with Crippen LogP contribution in [0.5, 0.6) is 0 Å². The first-order valence-electron chi connectivity index (χ1n) is 7.17. The smallest absolute Gasteiger partial charge is 0.270 e. The van der Waals surface area contributed by atoms with Crippen LogP contribution in [-0.4, -0.2) is 20.8 Å². The molecule has 0 bridgehead atoms. The van der Waals surface area contributed by atoms with Crippen molar-refractivity contribution in [1.29, 1.82) is 0 Å². The van der Waals surface area contributed by atoms with Crippen molar-refractivity contribution in [3.63, 3.8) is 0 Å². The maximum absolute atomic E-state index is 12.2. The third-order valence-electron chi connectivity index (χ3n) is 3.33. The van der Waals surface area contributed by atoms with Crippen molar-refractivity contribution in [3.8, 4) is 11.4 Å². The van der Waals surface area contributed by atoms with Gasteiger partial charge in [-0.15, -0.1) is 0 Å². The number of anilines is 1. The Kier molecular flexibility index (Phi) is 4.67. The molecule has 0 aliphatic rings. The monoisotopic (exact) mass is 354 g/mol. The summed E-state index contributed by atoms with van der Waals surface area (Å²) in [5.74, 6) is -0.0698. The standard InChI is InChI=1S/C17H11ClN4O3/c18-13-4-6-14(7-5-13)21-17(23)12-9-19-16(20-10-12)11-2-1-3-15(8-11)22(24)25/h1-10H,(H,21,23). The summed E-state index contributed by atoms with van der Waals surface area (Å²) in [6.07, 6.45) is 2.73. The number of rotatable bonds is 4. The van der Waals surface area contributed by atoms with Crippen molar-refractivity contribution in [1.82, 2.24) is 9.97 Å². The number of amides is 1. The summed E-state index contributed by atoms with van der Waals surface area (Å²) in [5.41, 5.74) is 1.31. The van der Waals surface area contributed by atoms with E-state index in [9.17, 15) is 14.9 Å². The highest BCUT2D eigenvalue weighted by Gasteiger charge is 2.11. The molecular weight excluding hydrogens is 344 g/mol. The summed E-state index contributed by atoms with van der Waals surface area (Å²) in [6, 6.07) is 12.7. The van der Waals surface area contributed by atoms with Crippen LogP contribution in [0.25, 0.3) is 11.4 Å². The quantitative estimate of drug-likeness (QED) is 0.565. The topological polar surface area (TPSA) is 98.0 Å². The largest absolute Gasteiger partial charge is 0.322 e. The second-order valence-electron chi connectivity index (χ2n) is 5.06. The fraction of sp³-hybridized carbons (Fsp3) is 0. The Morgan fingerprint density at radius 1 is 1.08 bits per heavy atom. The maximum Gasteiger partial charge on any atom is 0.270 e. The molecule has 7 nitrogen and oxygen atoms in total. The van der Waals surface area contributed by atoms with Gasteiger partial charge in [-0.3, -0.25) is 14.9 Å². The Balaban J connectivity index is 1.77. The predicted molar refractivity (Wildman–Crippen MR) is 93.5 cm³/mol. The average molecular weight is 355 g/mol. The third kappa shape index (κ3) is 3.96. The zero-order chi connectivity index (χ0) is 17.8. The van der Waals surface area contributed by atoms with E-state index in [4.69, 9.17) is 11.6 Å². The summed E-state index contributed by atoms with van der Waals surface area (Å²) in [6.45, 7) is 0. The van der Waals surface area contributed by atoms with Gasteiger partial charge in [0.25, 0.3) is 11.6 Å². The summed E-state index contributed by atoms with van der Waals surface area (Å²) in [5, 5.41) is 14.1. The number of nitro groups is 1. The van der Waals surface area contributed by atoms with Gasteiger partial charge in [-0.25, -0.2) is 9.97 Å². The number of nitrogens with one attached hydrogen (secondary N) is 1. The van der Waals surface area contributed by atoms with Crippen molar-refractivity contribution in [2.45, 2.75) is 0 Å². The molecule has 0 fully saturated rings. The fourth-order valence-electron chi connectivity index (χ4n) is 2.09. The van der Waals surface area contributed by atoms with Crippen LogP contribution in [0.15, 0.2) is 60.9 Å². The molecule has 1 N–H and O–H groups in total. The number of nitrogens with zero attached hydrogens (tertiary/aromatic N) is 3. The zero-order valence-corrected chi connectivity index (χ0v) is 13.5. The van der Waals surface area contributed by atoms with Gasteiger partial charge in [-0.05, 0) is 24.3 Å². The highest BCUT2D eigenvalue weighted by Crippen LogP contribution is 2.21. The Hall–Kier alpha value is -3.32. The average Bonchev–Trinajstić information content (AvgIpc) is 2.64. The molecule has 1 amide bonds. The molecule has 3 rings (SSSR count). The van der Waals surface area contributed by atoms with E-state index in [2.05, 4.69) is 15.3 Å². The maximum atomic E-state index is 12.2. The van der Waals surface area contributed by atoms with Crippen molar-refractivity contribution in [2.24, 2.45) is 0 Å². The van der Waals surface area contributed by atoms with Crippen LogP contribution in [0.2, 0.25) is 5.02 Å². The van der Waals surface area contributed by atoms with Gasteiger partial charge in [0.1, 0.15) is 0 Å². The van der Waals surface area contributed by atoms with E-state index in [0.717, 1.165) is 0 Å². The van der Waals surface area contributed by atoms with Gasteiger partial charge >= 0.3 is 0 Å². The van der Waals surface area contributed by atoms with Gasteiger partial charge in [-0.2, -0.15) is 0 Å². The zero-order valence-electron chi connectivity index (χ0n) is 12.7. The molecule has 0 saturated heterocycles. The molecule has 0 spiro atoms. The number of aromatic nitrogens is 2. The van der Waals surface area contributed by atoms with E-state index in [1.165, 1.54) is 24.5 Å². The molecular formula is C17H11ClN4O3. The molecule has 0 aliphatic carbocycles. The van der Waals surface area contributed by atoms with Crippen LogP contribution in [-0.2, 0) is 0 Å². The molecule has 0 saturated carbocycles. The van der Waals surface area contributed by atoms with Crippen LogP contribution in [0.4, 0.5) is 11.4 Å². The van der Waals surface area contributed by atoms with Gasteiger partial charge in [-0.1, -0.05) is 23.7 Å². The van der Waals surface area contributed by atoms with E-state index in [-0.39, 0.29) is 17.2 Å². The second kappa shape index (κ2) is 7.06. The fourth-order valence-corrected chi connectivity index (χ4v) is 2.22. The first-order chi connectivity index (χ1) is 12.0. The first-order valence-corrected chi connectivity index (χ1v) is 7.54. The molecule has 1 heterocycles. The Morgan fingerprint density at radius 3 is 2.40 bits per heavy atom. The number of non-ortho nitro benzene ring substituents is 1. The van der Waals surface area contributed by atoms with Crippen molar-refractivity contribution in [2.75, 3.05) is 5.32 Å². The minimum Gasteiger partial charge on any atom is -0.322 e. The molecule has 1 aromatic heterocycles. The van der Waals surface area contributed by atoms with Gasteiger partial charge in [0.2, 0.25) is 0 Å². The van der Waals surface area contributed by atoms with Gasteiger partial charge in [0.05, 0.1) is 10.5 Å². The lowest BCUT2D eigenvalue weighted by Gasteiger charge is -2.05. The number of carbonyl (C=O) groups excluding carboxylic acids is 1. The molecule has 124 valence electrons. The minimum atomic E-state index is -0.489. The highest BCUT2D eigenvalue weighted by atomic mass is 35.5. The number of hydrogen-bond acceptors (Lipinski definition) is 5. The van der Waals surface area contributed by atoms with E-state index >= 15 is 0 Å². The lowest BCUT2D eigenvalue weighted by molar-refractivity contribution is -0.384. The normalized spacial score (nSPS) is 10.3.